The predicted molar refractivity (Wildman–Crippen MR) is 113 cm³/mol. The molecule has 4 heteroatoms. The monoisotopic (exact) mass is 387 g/mol. The maximum absolute atomic E-state index is 12.0. The van der Waals surface area contributed by atoms with E-state index in [2.05, 4.69) is 31.7 Å². The molecule has 156 valence electrons. The van der Waals surface area contributed by atoms with Crippen LogP contribution in [0.1, 0.15) is 81.6 Å². The number of hydrogen-bond donors (Lipinski definition) is 1. The van der Waals surface area contributed by atoms with Gasteiger partial charge in [-0.05, 0) is 61.3 Å². The second kappa shape index (κ2) is 8.54. The highest BCUT2D eigenvalue weighted by Crippen LogP contribution is 2.43. The van der Waals surface area contributed by atoms with Gasteiger partial charge in [0.2, 0.25) is 0 Å². The average Bonchev–Trinajstić information content (AvgIpc) is 2.71. The molecule has 1 aromatic carbocycles. The van der Waals surface area contributed by atoms with Gasteiger partial charge in [-0.25, -0.2) is 4.79 Å². The number of rotatable bonds is 5. The van der Waals surface area contributed by atoms with Gasteiger partial charge in [-0.2, -0.15) is 0 Å². The zero-order valence-electron chi connectivity index (χ0n) is 18.0. The Morgan fingerprint density at radius 2 is 2.00 bits per heavy atom. The topological polar surface area (TPSA) is 49.8 Å². The normalized spacial score (nSPS) is 29.2. The number of aliphatic hydroxyl groups is 1. The standard InChI is InChI=1S/C24H37NO3/c1-5-21(24(27)12-7-6-8-13-24)25-15-14-23(3,18(2)17-25)20-11-9-10-19(16-20)22(26)28-4/h9-11,16,18,21,27H,5-8,12-15,17H2,1-4H3/t18-,21?,23-/m0/s1. The fraction of sp³-hybridized carbons (Fsp3) is 0.708. The second-order valence-corrected chi connectivity index (χ2v) is 9.22. The zero-order valence-corrected chi connectivity index (χ0v) is 18.0. The van der Waals surface area contributed by atoms with Crippen LogP contribution in [0.25, 0.3) is 0 Å². The lowest BCUT2D eigenvalue weighted by Gasteiger charge is -2.51. The van der Waals surface area contributed by atoms with Gasteiger partial charge in [-0.3, -0.25) is 4.90 Å². The van der Waals surface area contributed by atoms with Crippen LogP contribution in [0.5, 0.6) is 0 Å². The highest BCUT2D eigenvalue weighted by Gasteiger charge is 2.45. The van der Waals surface area contributed by atoms with Crippen LogP contribution in [-0.4, -0.2) is 47.8 Å². The molecule has 0 amide bonds. The van der Waals surface area contributed by atoms with Gasteiger partial charge in [-0.15, -0.1) is 0 Å². The molecule has 1 unspecified atom stereocenters. The Bertz CT molecular complexity index is 682. The number of esters is 1. The quantitative estimate of drug-likeness (QED) is 0.753. The van der Waals surface area contributed by atoms with Gasteiger partial charge in [0.05, 0.1) is 18.3 Å². The lowest BCUT2D eigenvalue weighted by molar-refractivity contribution is -0.0885. The molecular weight excluding hydrogens is 350 g/mol. The van der Waals surface area contributed by atoms with Gasteiger partial charge >= 0.3 is 5.97 Å². The van der Waals surface area contributed by atoms with Crippen molar-refractivity contribution in [2.45, 2.75) is 82.8 Å². The smallest absolute Gasteiger partial charge is 0.337 e. The first-order valence-electron chi connectivity index (χ1n) is 11.0. The summed E-state index contributed by atoms with van der Waals surface area (Å²) in [7, 11) is 1.43. The first-order chi connectivity index (χ1) is 13.3. The van der Waals surface area contributed by atoms with Crippen molar-refractivity contribution in [1.82, 2.24) is 4.90 Å². The van der Waals surface area contributed by atoms with Crippen LogP contribution in [-0.2, 0) is 10.2 Å². The third-order valence-electron chi connectivity index (χ3n) is 7.62. The number of benzene rings is 1. The number of likely N-dealkylation sites (tertiary alicyclic amines) is 1. The summed E-state index contributed by atoms with van der Waals surface area (Å²) < 4.78 is 4.90. The molecule has 1 aliphatic carbocycles. The summed E-state index contributed by atoms with van der Waals surface area (Å²) in [6, 6.07) is 8.19. The molecule has 1 saturated heterocycles. The van der Waals surface area contributed by atoms with E-state index >= 15 is 0 Å². The van der Waals surface area contributed by atoms with Crippen molar-refractivity contribution in [1.29, 1.82) is 0 Å². The summed E-state index contributed by atoms with van der Waals surface area (Å²) in [6.07, 6.45) is 7.46. The largest absolute Gasteiger partial charge is 0.465 e. The number of carbonyl (C=O) groups excluding carboxylic acids is 1. The van der Waals surface area contributed by atoms with Crippen molar-refractivity contribution >= 4 is 5.97 Å². The van der Waals surface area contributed by atoms with E-state index in [4.69, 9.17) is 4.74 Å². The highest BCUT2D eigenvalue weighted by atomic mass is 16.5. The first kappa shape index (κ1) is 21.3. The maximum atomic E-state index is 12.0. The minimum atomic E-state index is -0.523. The van der Waals surface area contributed by atoms with Crippen molar-refractivity contribution in [3.63, 3.8) is 0 Å². The lowest BCUT2D eigenvalue weighted by Crippen LogP contribution is -2.58. The molecule has 1 aromatic rings. The van der Waals surface area contributed by atoms with Crippen molar-refractivity contribution < 1.29 is 14.6 Å². The van der Waals surface area contributed by atoms with Gasteiger partial charge in [-0.1, -0.05) is 52.2 Å². The zero-order chi connectivity index (χ0) is 20.4. The molecule has 0 aromatic heterocycles. The van der Waals surface area contributed by atoms with Crippen LogP contribution in [0.3, 0.4) is 0 Å². The Kier molecular flexibility index (Phi) is 6.51. The predicted octanol–water partition coefficient (Wildman–Crippen LogP) is 4.55. The fourth-order valence-electron chi connectivity index (χ4n) is 5.57. The molecule has 0 radical (unpaired) electrons. The Balaban J connectivity index is 1.78. The summed E-state index contributed by atoms with van der Waals surface area (Å²) >= 11 is 0. The number of nitrogens with zero attached hydrogens (tertiary/aromatic N) is 1. The van der Waals surface area contributed by atoms with E-state index in [1.165, 1.54) is 19.1 Å². The van der Waals surface area contributed by atoms with Gasteiger partial charge in [0.1, 0.15) is 0 Å². The molecule has 2 aliphatic rings. The molecule has 1 N–H and O–H groups in total. The first-order valence-corrected chi connectivity index (χ1v) is 11.0. The third-order valence-corrected chi connectivity index (χ3v) is 7.62. The van der Waals surface area contributed by atoms with E-state index in [9.17, 15) is 9.90 Å². The van der Waals surface area contributed by atoms with Crippen molar-refractivity contribution in [2.75, 3.05) is 20.2 Å². The van der Waals surface area contributed by atoms with E-state index in [0.717, 1.165) is 51.6 Å². The SMILES string of the molecule is CCC(N1CC[C@](C)(c2cccc(C(=O)OC)c2)[C@@H](C)C1)C1(O)CCCCC1. The fourth-order valence-corrected chi connectivity index (χ4v) is 5.57. The molecule has 3 rings (SSSR count). The molecule has 28 heavy (non-hydrogen) atoms. The van der Waals surface area contributed by atoms with Gasteiger partial charge < -0.3 is 9.84 Å². The molecule has 0 spiro atoms. The summed E-state index contributed by atoms with van der Waals surface area (Å²) in [4.78, 5) is 14.5. The summed E-state index contributed by atoms with van der Waals surface area (Å²) in [5.41, 5.74) is 1.34. The van der Waals surface area contributed by atoms with Gasteiger partial charge in [0, 0.05) is 12.6 Å². The van der Waals surface area contributed by atoms with E-state index < -0.39 is 5.60 Å². The van der Waals surface area contributed by atoms with Crippen LogP contribution in [0.2, 0.25) is 0 Å². The number of piperidine rings is 1. The maximum Gasteiger partial charge on any atom is 0.337 e. The Morgan fingerprint density at radius 1 is 1.29 bits per heavy atom. The molecule has 2 fully saturated rings. The second-order valence-electron chi connectivity index (χ2n) is 9.22. The van der Waals surface area contributed by atoms with Gasteiger partial charge in [0.25, 0.3) is 0 Å². The van der Waals surface area contributed by atoms with Crippen LogP contribution in [0, 0.1) is 5.92 Å². The van der Waals surface area contributed by atoms with E-state index in [1.807, 2.05) is 18.2 Å². The minimum Gasteiger partial charge on any atom is -0.465 e. The Hall–Kier alpha value is -1.39. The third kappa shape index (κ3) is 3.99. The number of ether oxygens (including phenoxy) is 1. The lowest BCUT2D eigenvalue weighted by atomic mass is 9.67. The van der Waals surface area contributed by atoms with Crippen molar-refractivity contribution in [3.05, 3.63) is 35.4 Å². The minimum absolute atomic E-state index is 0.0218. The summed E-state index contributed by atoms with van der Waals surface area (Å²) in [5.74, 6) is 0.163. The molecule has 1 heterocycles. The van der Waals surface area contributed by atoms with Gasteiger partial charge in [0.15, 0.2) is 0 Å². The molecule has 1 aliphatic heterocycles. The summed E-state index contributed by atoms with van der Waals surface area (Å²) in [5, 5.41) is 11.3. The van der Waals surface area contributed by atoms with Crippen LogP contribution >= 0.6 is 0 Å². The van der Waals surface area contributed by atoms with E-state index in [0.29, 0.717) is 11.5 Å². The Labute approximate surface area is 170 Å². The van der Waals surface area contributed by atoms with Crippen molar-refractivity contribution in [2.24, 2.45) is 5.92 Å². The Morgan fingerprint density at radius 3 is 2.61 bits per heavy atom. The number of carbonyl (C=O) groups is 1. The average molecular weight is 388 g/mol. The van der Waals surface area contributed by atoms with Crippen LogP contribution < -0.4 is 0 Å². The molecule has 1 saturated carbocycles. The summed E-state index contributed by atoms with van der Waals surface area (Å²) in [6.45, 7) is 8.83. The highest BCUT2D eigenvalue weighted by molar-refractivity contribution is 5.89. The van der Waals surface area contributed by atoms with E-state index in [-0.39, 0.29) is 17.4 Å². The molecule has 4 nitrogen and oxygen atoms in total. The van der Waals surface area contributed by atoms with Crippen LogP contribution in [0.4, 0.5) is 0 Å². The van der Waals surface area contributed by atoms with Crippen LogP contribution in [0.15, 0.2) is 24.3 Å². The number of methoxy groups -OCH3 is 1. The molecular formula is C24H37NO3. The number of hydrogen-bond acceptors (Lipinski definition) is 4. The molecule has 0 bridgehead atoms. The van der Waals surface area contributed by atoms with E-state index in [1.54, 1.807) is 0 Å². The van der Waals surface area contributed by atoms with Crippen molar-refractivity contribution in [3.8, 4) is 0 Å². The molecule has 3 atom stereocenters.